The maximum absolute atomic E-state index is 12.4. The number of anilines is 2. The highest BCUT2D eigenvalue weighted by molar-refractivity contribution is 7.98. The first-order chi connectivity index (χ1) is 15.5. The van der Waals surface area contributed by atoms with E-state index in [1.54, 1.807) is 30.7 Å². The van der Waals surface area contributed by atoms with Crippen LogP contribution in [-0.4, -0.2) is 34.2 Å². The summed E-state index contributed by atoms with van der Waals surface area (Å²) >= 11 is 3.13. The van der Waals surface area contributed by atoms with Crippen molar-refractivity contribution < 1.29 is 9.53 Å². The molecule has 0 unspecified atom stereocenters. The minimum Gasteiger partial charge on any atom is -0.383 e. The molecule has 0 aliphatic heterocycles. The third-order valence-electron chi connectivity index (χ3n) is 5.28. The molecule has 0 saturated carbocycles. The standard InChI is InChI=1S/C24H26N4O2S2/c1-16-9-10-20(13-17(16)2)28(18(3)29)24-25-19(15-32-24)14-31-23-26-21-7-5-6-8-22(21)27(23)11-12-30-4/h5-10,13,15H,11-12,14H2,1-4H3. The highest BCUT2D eigenvalue weighted by atomic mass is 32.2. The molecule has 2 aromatic carbocycles. The third-order valence-corrected chi connectivity index (χ3v) is 7.17. The van der Waals surface area contributed by atoms with Gasteiger partial charge in [-0.2, -0.15) is 0 Å². The van der Waals surface area contributed by atoms with Crippen LogP contribution in [0.2, 0.25) is 0 Å². The fraction of sp³-hybridized carbons (Fsp3) is 0.292. The molecule has 0 radical (unpaired) electrons. The predicted molar refractivity (Wildman–Crippen MR) is 132 cm³/mol. The lowest BCUT2D eigenvalue weighted by Gasteiger charge is -2.19. The second-order valence-corrected chi connectivity index (χ2v) is 9.34. The molecule has 0 saturated heterocycles. The quantitative estimate of drug-likeness (QED) is 0.310. The SMILES string of the molecule is COCCn1c(SCc2csc(N(C(C)=O)c3ccc(C)c(C)c3)n2)nc2ccccc21. The van der Waals surface area contributed by atoms with Gasteiger partial charge in [0.25, 0.3) is 0 Å². The number of benzene rings is 2. The number of aromatic nitrogens is 3. The number of carbonyl (C=O) groups excluding carboxylic acids is 1. The number of hydrogen-bond acceptors (Lipinski definition) is 6. The van der Waals surface area contributed by atoms with Crippen LogP contribution in [-0.2, 0) is 21.8 Å². The normalized spacial score (nSPS) is 11.2. The van der Waals surface area contributed by atoms with E-state index in [0.717, 1.165) is 39.7 Å². The van der Waals surface area contributed by atoms with Crippen molar-refractivity contribution in [2.24, 2.45) is 0 Å². The number of thiazole rings is 1. The molecule has 0 N–H and O–H groups in total. The summed E-state index contributed by atoms with van der Waals surface area (Å²) in [5.74, 6) is 0.619. The van der Waals surface area contributed by atoms with E-state index >= 15 is 0 Å². The lowest BCUT2D eigenvalue weighted by molar-refractivity contribution is -0.115. The van der Waals surface area contributed by atoms with Crippen molar-refractivity contribution in [2.45, 2.75) is 38.2 Å². The fourth-order valence-electron chi connectivity index (χ4n) is 3.46. The molecule has 0 atom stereocenters. The Labute approximate surface area is 196 Å². The molecule has 2 aromatic heterocycles. The molecule has 0 aliphatic carbocycles. The smallest absolute Gasteiger partial charge is 0.230 e. The van der Waals surface area contributed by atoms with Gasteiger partial charge in [0, 0.05) is 31.7 Å². The molecule has 8 heteroatoms. The number of imidazole rings is 1. The molecule has 4 aromatic rings. The lowest BCUT2D eigenvalue weighted by atomic mass is 10.1. The van der Waals surface area contributed by atoms with Gasteiger partial charge in [-0.25, -0.2) is 9.97 Å². The summed E-state index contributed by atoms with van der Waals surface area (Å²) in [5.41, 5.74) is 6.19. The number of methoxy groups -OCH3 is 1. The number of thioether (sulfide) groups is 1. The zero-order valence-electron chi connectivity index (χ0n) is 18.7. The summed E-state index contributed by atoms with van der Waals surface area (Å²) in [6.07, 6.45) is 0. The topological polar surface area (TPSA) is 60.2 Å². The van der Waals surface area contributed by atoms with Crippen LogP contribution in [0.25, 0.3) is 11.0 Å². The number of aryl methyl sites for hydroxylation is 2. The first kappa shape index (κ1) is 22.5. The van der Waals surface area contributed by atoms with Gasteiger partial charge in [-0.1, -0.05) is 30.0 Å². The molecule has 166 valence electrons. The molecule has 32 heavy (non-hydrogen) atoms. The highest BCUT2D eigenvalue weighted by Crippen LogP contribution is 2.32. The van der Waals surface area contributed by atoms with Crippen LogP contribution in [0.1, 0.15) is 23.7 Å². The number of ether oxygens (including phenoxy) is 1. The molecule has 0 bridgehead atoms. The minimum atomic E-state index is -0.0526. The number of rotatable bonds is 8. The van der Waals surface area contributed by atoms with Crippen LogP contribution in [0, 0.1) is 13.8 Å². The maximum Gasteiger partial charge on any atom is 0.230 e. The Morgan fingerprint density at radius 3 is 2.72 bits per heavy atom. The van der Waals surface area contributed by atoms with Crippen LogP contribution in [0.3, 0.4) is 0 Å². The van der Waals surface area contributed by atoms with E-state index in [4.69, 9.17) is 14.7 Å². The van der Waals surface area contributed by atoms with Crippen molar-refractivity contribution in [2.75, 3.05) is 18.6 Å². The number of amides is 1. The van der Waals surface area contributed by atoms with Crippen LogP contribution < -0.4 is 4.90 Å². The zero-order valence-corrected chi connectivity index (χ0v) is 20.3. The van der Waals surface area contributed by atoms with E-state index in [1.807, 2.05) is 41.8 Å². The monoisotopic (exact) mass is 466 g/mol. The second-order valence-electron chi connectivity index (χ2n) is 7.56. The van der Waals surface area contributed by atoms with Gasteiger partial charge in [0.2, 0.25) is 5.91 Å². The molecule has 0 aliphatic rings. The average molecular weight is 467 g/mol. The molecule has 1 amide bonds. The number of nitrogens with zero attached hydrogens (tertiary/aromatic N) is 4. The van der Waals surface area contributed by atoms with Crippen molar-refractivity contribution in [1.82, 2.24) is 14.5 Å². The summed E-state index contributed by atoms with van der Waals surface area (Å²) in [7, 11) is 1.71. The summed E-state index contributed by atoms with van der Waals surface area (Å²) < 4.78 is 7.47. The Bertz CT molecular complexity index is 1250. The van der Waals surface area contributed by atoms with Gasteiger partial charge in [-0.3, -0.25) is 9.69 Å². The Morgan fingerprint density at radius 1 is 1.16 bits per heavy atom. The fourth-order valence-corrected chi connectivity index (χ4v) is 5.38. The third kappa shape index (κ3) is 4.72. The van der Waals surface area contributed by atoms with Crippen molar-refractivity contribution in [3.63, 3.8) is 0 Å². The van der Waals surface area contributed by atoms with Gasteiger partial charge in [0.1, 0.15) is 0 Å². The van der Waals surface area contributed by atoms with Crippen LogP contribution in [0.4, 0.5) is 10.8 Å². The molecular formula is C24H26N4O2S2. The molecule has 2 heterocycles. The van der Waals surface area contributed by atoms with E-state index < -0.39 is 0 Å². The number of carbonyl (C=O) groups is 1. The predicted octanol–water partition coefficient (Wildman–Crippen LogP) is 5.73. The average Bonchev–Trinajstić information content (AvgIpc) is 3.37. The molecule has 0 spiro atoms. The Balaban J connectivity index is 1.55. The molecule has 4 rings (SSSR count). The van der Waals surface area contributed by atoms with Gasteiger partial charge < -0.3 is 9.30 Å². The van der Waals surface area contributed by atoms with Gasteiger partial charge in [0.15, 0.2) is 10.3 Å². The van der Waals surface area contributed by atoms with E-state index in [1.165, 1.54) is 16.9 Å². The first-order valence-corrected chi connectivity index (χ1v) is 12.2. The van der Waals surface area contributed by atoms with Crippen LogP contribution in [0.5, 0.6) is 0 Å². The second kappa shape index (κ2) is 9.85. The summed E-state index contributed by atoms with van der Waals surface area (Å²) in [4.78, 5) is 23.7. The summed E-state index contributed by atoms with van der Waals surface area (Å²) in [6.45, 7) is 7.06. The molecule has 0 fully saturated rings. The Hall–Kier alpha value is -2.68. The summed E-state index contributed by atoms with van der Waals surface area (Å²) in [6, 6.07) is 14.2. The largest absolute Gasteiger partial charge is 0.383 e. The number of hydrogen-bond donors (Lipinski definition) is 0. The van der Waals surface area contributed by atoms with Crippen molar-refractivity contribution >= 4 is 50.9 Å². The van der Waals surface area contributed by atoms with Crippen molar-refractivity contribution in [1.29, 1.82) is 0 Å². The molecular weight excluding hydrogens is 440 g/mol. The van der Waals surface area contributed by atoms with E-state index in [-0.39, 0.29) is 5.91 Å². The first-order valence-electron chi connectivity index (χ1n) is 10.4. The van der Waals surface area contributed by atoms with Gasteiger partial charge in [0.05, 0.1) is 29.0 Å². The van der Waals surface area contributed by atoms with Crippen LogP contribution >= 0.6 is 23.1 Å². The van der Waals surface area contributed by atoms with E-state index in [2.05, 4.69) is 24.5 Å². The Morgan fingerprint density at radius 2 is 1.97 bits per heavy atom. The zero-order chi connectivity index (χ0) is 22.7. The van der Waals surface area contributed by atoms with Gasteiger partial charge in [-0.15, -0.1) is 11.3 Å². The summed E-state index contributed by atoms with van der Waals surface area (Å²) in [5, 5.41) is 3.64. The Kier molecular flexibility index (Phi) is 6.93. The number of para-hydroxylation sites is 2. The van der Waals surface area contributed by atoms with Crippen molar-refractivity contribution in [3.8, 4) is 0 Å². The molecule has 6 nitrogen and oxygen atoms in total. The number of fused-ring (bicyclic) bond motifs is 1. The minimum absolute atomic E-state index is 0.0526. The van der Waals surface area contributed by atoms with Gasteiger partial charge >= 0.3 is 0 Å². The highest BCUT2D eigenvalue weighted by Gasteiger charge is 2.19. The van der Waals surface area contributed by atoms with Crippen LogP contribution in [0.15, 0.2) is 53.0 Å². The maximum atomic E-state index is 12.4. The lowest BCUT2D eigenvalue weighted by Crippen LogP contribution is -2.22. The van der Waals surface area contributed by atoms with Gasteiger partial charge in [-0.05, 0) is 49.2 Å². The van der Waals surface area contributed by atoms with Crippen molar-refractivity contribution in [3.05, 3.63) is 64.7 Å². The van der Waals surface area contributed by atoms with E-state index in [0.29, 0.717) is 17.5 Å². The van der Waals surface area contributed by atoms with E-state index in [9.17, 15) is 4.79 Å².